The predicted octanol–water partition coefficient (Wildman–Crippen LogP) is 0.00450. The lowest BCUT2D eigenvalue weighted by atomic mass is 9.93. The topological polar surface area (TPSA) is 109 Å². The fourth-order valence-corrected chi connectivity index (χ4v) is 3.12. The molecule has 1 heterocycles. The molecule has 1 saturated heterocycles. The smallest absolute Gasteiger partial charge is 0.243 e. The highest BCUT2D eigenvalue weighted by Gasteiger charge is 2.50. The van der Waals surface area contributed by atoms with Gasteiger partial charge in [0.05, 0.1) is 19.3 Å². The largest absolute Gasteiger partial charge is 0.383 e. The van der Waals surface area contributed by atoms with Crippen LogP contribution in [0.5, 0.6) is 0 Å². The maximum absolute atomic E-state index is 12.9. The first-order valence-corrected chi connectivity index (χ1v) is 9.67. The van der Waals surface area contributed by atoms with E-state index in [0.29, 0.717) is 13.0 Å². The average molecular weight is 383 g/mol. The van der Waals surface area contributed by atoms with Gasteiger partial charge in [0.25, 0.3) is 0 Å². The number of epoxide rings is 1. The van der Waals surface area contributed by atoms with Gasteiger partial charge in [-0.1, -0.05) is 13.8 Å². The van der Waals surface area contributed by atoms with Crippen molar-refractivity contribution in [2.45, 2.75) is 63.8 Å². The molecule has 2 rings (SSSR count). The zero-order valence-electron chi connectivity index (χ0n) is 17.0. The minimum Gasteiger partial charge on any atom is -0.383 e. The van der Waals surface area contributed by atoms with Gasteiger partial charge in [0.2, 0.25) is 11.8 Å². The van der Waals surface area contributed by atoms with E-state index in [-0.39, 0.29) is 36.0 Å². The van der Waals surface area contributed by atoms with Gasteiger partial charge in [0, 0.05) is 7.11 Å². The van der Waals surface area contributed by atoms with E-state index in [2.05, 4.69) is 16.0 Å². The van der Waals surface area contributed by atoms with Crippen LogP contribution in [0.25, 0.3) is 0 Å². The van der Waals surface area contributed by atoms with Crippen LogP contribution in [0.1, 0.15) is 40.0 Å². The Kier molecular flexibility index (Phi) is 7.36. The SMILES string of the molecule is CN[C@@H](COC)C(=O)N[C@H](C(=O)N[C@@H](CC(C)C)C(=O)[C@@]1(C)CO1)C1CC1. The van der Waals surface area contributed by atoms with Gasteiger partial charge >= 0.3 is 0 Å². The van der Waals surface area contributed by atoms with Crippen LogP contribution in [0.4, 0.5) is 0 Å². The van der Waals surface area contributed by atoms with Crippen LogP contribution >= 0.6 is 0 Å². The summed E-state index contributed by atoms with van der Waals surface area (Å²) in [6.07, 6.45) is 2.31. The Labute approximate surface area is 161 Å². The number of carbonyl (C=O) groups is 3. The maximum Gasteiger partial charge on any atom is 0.243 e. The summed E-state index contributed by atoms with van der Waals surface area (Å²) in [7, 11) is 3.19. The third-order valence-corrected chi connectivity index (χ3v) is 5.11. The molecule has 1 aliphatic heterocycles. The van der Waals surface area contributed by atoms with Crippen molar-refractivity contribution in [3.8, 4) is 0 Å². The summed E-state index contributed by atoms with van der Waals surface area (Å²) in [5.74, 6) is -0.336. The van der Waals surface area contributed by atoms with Gasteiger partial charge in [-0.05, 0) is 45.1 Å². The van der Waals surface area contributed by atoms with Crippen molar-refractivity contribution in [1.29, 1.82) is 0 Å². The molecule has 154 valence electrons. The van der Waals surface area contributed by atoms with Gasteiger partial charge in [-0.25, -0.2) is 0 Å². The molecule has 0 bridgehead atoms. The number of hydrogen-bond acceptors (Lipinski definition) is 6. The van der Waals surface area contributed by atoms with Crippen LogP contribution in [0.3, 0.4) is 0 Å². The number of ketones is 1. The zero-order chi connectivity index (χ0) is 20.2. The zero-order valence-corrected chi connectivity index (χ0v) is 17.0. The Morgan fingerprint density at radius 1 is 1.15 bits per heavy atom. The van der Waals surface area contributed by atoms with Crippen molar-refractivity contribution >= 4 is 17.6 Å². The number of ether oxygens (including phenoxy) is 2. The summed E-state index contributed by atoms with van der Waals surface area (Å²) in [5.41, 5.74) is -0.791. The lowest BCUT2D eigenvalue weighted by Crippen LogP contribution is -2.57. The lowest BCUT2D eigenvalue weighted by Gasteiger charge is -2.26. The molecule has 2 aliphatic rings. The average Bonchev–Trinajstić information content (AvgIpc) is 3.52. The molecule has 1 aliphatic carbocycles. The van der Waals surface area contributed by atoms with E-state index in [0.717, 1.165) is 12.8 Å². The summed E-state index contributed by atoms with van der Waals surface area (Å²) in [4.78, 5) is 38.1. The molecule has 2 fully saturated rings. The second kappa shape index (κ2) is 9.12. The third-order valence-electron chi connectivity index (χ3n) is 5.11. The molecule has 0 aromatic carbocycles. The molecule has 3 N–H and O–H groups in total. The molecule has 0 aromatic heterocycles. The van der Waals surface area contributed by atoms with Gasteiger partial charge in [-0.15, -0.1) is 0 Å². The Hall–Kier alpha value is -1.51. The van der Waals surface area contributed by atoms with E-state index in [1.807, 2.05) is 13.8 Å². The van der Waals surface area contributed by atoms with Crippen molar-refractivity contribution in [2.75, 3.05) is 27.4 Å². The predicted molar refractivity (Wildman–Crippen MR) is 100 cm³/mol. The van der Waals surface area contributed by atoms with Gasteiger partial charge < -0.3 is 25.4 Å². The Morgan fingerprint density at radius 2 is 1.78 bits per heavy atom. The fraction of sp³-hybridized carbons (Fsp3) is 0.842. The Bertz CT molecular complexity index is 558. The summed E-state index contributed by atoms with van der Waals surface area (Å²) >= 11 is 0. The quantitative estimate of drug-likeness (QED) is 0.410. The molecule has 4 atom stereocenters. The number of hydrogen-bond donors (Lipinski definition) is 3. The normalized spacial score (nSPS) is 24.8. The monoisotopic (exact) mass is 383 g/mol. The van der Waals surface area contributed by atoms with Crippen LogP contribution < -0.4 is 16.0 Å². The van der Waals surface area contributed by atoms with Gasteiger partial charge in [0.15, 0.2) is 5.78 Å². The first-order chi connectivity index (χ1) is 12.7. The number of likely N-dealkylation sites (N-methyl/N-ethyl adjacent to an activating group) is 1. The van der Waals surface area contributed by atoms with Gasteiger partial charge in [0.1, 0.15) is 17.7 Å². The second-order valence-corrected chi connectivity index (χ2v) is 8.19. The van der Waals surface area contributed by atoms with Crippen LogP contribution in [-0.2, 0) is 23.9 Å². The number of nitrogens with one attached hydrogen (secondary N) is 3. The molecular formula is C19H33N3O5. The second-order valence-electron chi connectivity index (χ2n) is 8.19. The summed E-state index contributed by atoms with van der Waals surface area (Å²) in [5, 5.41) is 8.59. The Morgan fingerprint density at radius 3 is 2.22 bits per heavy atom. The highest BCUT2D eigenvalue weighted by Crippen LogP contribution is 2.33. The third kappa shape index (κ3) is 5.99. The number of rotatable bonds is 12. The highest BCUT2D eigenvalue weighted by molar-refractivity contribution is 5.98. The Balaban J connectivity index is 2.03. The molecule has 8 nitrogen and oxygen atoms in total. The number of Topliss-reactive ketones (excluding diaryl/α,β-unsaturated/α-hetero) is 1. The molecule has 27 heavy (non-hydrogen) atoms. The van der Waals surface area contributed by atoms with E-state index in [1.54, 1.807) is 14.0 Å². The van der Waals surface area contributed by atoms with Crippen molar-refractivity contribution in [2.24, 2.45) is 11.8 Å². The number of carbonyl (C=O) groups excluding carboxylic acids is 3. The van der Waals surface area contributed by atoms with Crippen LogP contribution in [-0.4, -0.2) is 68.7 Å². The molecule has 0 spiro atoms. The minimum absolute atomic E-state index is 0.0992. The van der Waals surface area contributed by atoms with Crippen LogP contribution in [0.15, 0.2) is 0 Å². The number of amides is 2. The minimum atomic E-state index is -0.791. The van der Waals surface area contributed by atoms with E-state index in [4.69, 9.17) is 9.47 Å². The van der Waals surface area contributed by atoms with Gasteiger partial charge in [-0.3, -0.25) is 14.4 Å². The molecule has 0 unspecified atom stereocenters. The fourth-order valence-electron chi connectivity index (χ4n) is 3.12. The highest BCUT2D eigenvalue weighted by atomic mass is 16.6. The van der Waals surface area contributed by atoms with Crippen LogP contribution in [0.2, 0.25) is 0 Å². The molecule has 8 heteroatoms. The molecule has 0 aromatic rings. The summed E-state index contributed by atoms with van der Waals surface area (Å²) in [6.45, 7) is 6.36. The van der Waals surface area contributed by atoms with Crippen molar-refractivity contribution in [3.05, 3.63) is 0 Å². The summed E-state index contributed by atoms with van der Waals surface area (Å²) in [6, 6.07) is -1.78. The van der Waals surface area contributed by atoms with Crippen molar-refractivity contribution in [3.63, 3.8) is 0 Å². The van der Waals surface area contributed by atoms with Gasteiger partial charge in [-0.2, -0.15) is 0 Å². The van der Waals surface area contributed by atoms with E-state index < -0.39 is 23.7 Å². The lowest BCUT2D eigenvalue weighted by molar-refractivity contribution is -0.134. The van der Waals surface area contributed by atoms with E-state index in [9.17, 15) is 14.4 Å². The standard InChI is InChI=1S/C19H33N3O5/c1-11(2)8-13(16(23)19(3)10-27-19)21-18(25)15(12-6-7-12)22-17(24)14(20-4)9-26-5/h11-15,20H,6-10H2,1-5H3,(H,21,25)(H,22,24)/t13-,14-,15-,19+/m0/s1. The molecule has 2 amide bonds. The van der Waals surface area contributed by atoms with Crippen molar-refractivity contribution < 1.29 is 23.9 Å². The number of methoxy groups -OCH3 is 1. The van der Waals surface area contributed by atoms with Crippen molar-refractivity contribution in [1.82, 2.24) is 16.0 Å². The molecular weight excluding hydrogens is 350 g/mol. The first-order valence-electron chi connectivity index (χ1n) is 9.67. The molecule has 0 radical (unpaired) electrons. The summed E-state index contributed by atoms with van der Waals surface area (Å²) < 4.78 is 10.3. The van der Waals surface area contributed by atoms with E-state index >= 15 is 0 Å². The first kappa shape index (κ1) is 21.8. The van der Waals surface area contributed by atoms with Crippen LogP contribution in [0, 0.1) is 11.8 Å². The maximum atomic E-state index is 12.9. The van der Waals surface area contributed by atoms with E-state index in [1.165, 1.54) is 7.11 Å². The molecule has 1 saturated carbocycles.